The van der Waals surface area contributed by atoms with Crippen LogP contribution < -0.4 is 0 Å². The second kappa shape index (κ2) is 7.22. The summed E-state index contributed by atoms with van der Waals surface area (Å²) in [4.78, 5) is 37.8. The van der Waals surface area contributed by atoms with Gasteiger partial charge in [0.2, 0.25) is 0 Å². The van der Waals surface area contributed by atoms with Gasteiger partial charge in [-0.1, -0.05) is 27.7 Å². The molecule has 5 rings (SSSR count). The summed E-state index contributed by atoms with van der Waals surface area (Å²) in [5.74, 6) is -0.427. The Morgan fingerprint density at radius 1 is 0.886 bits per heavy atom. The molecule has 0 spiro atoms. The van der Waals surface area contributed by atoms with Gasteiger partial charge < -0.3 is 15.0 Å². The number of aliphatic hydroxyl groups is 1. The first-order valence-corrected chi connectivity index (χ1v) is 13.8. The zero-order valence-corrected chi connectivity index (χ0v) is 22.5. The van der Waals surface area contributed by atoms with E-state index in [1.165, 1.54) is 0 Å². The number of carbonyl (C=O) groups is 3. The van der Waals surface area contributed by atoms with Crippen molar-refractivity contribution in [2.45, 2.75) is 106 Å². The molecule has 35 heavy (non-hydrogen) atoms. The Labute approximate surface area is 210 Å². The molecular weight excluding hydrogens is 440 g/mol. The Morgan fingerprint density at radius 3 is 2.11 bits per heavy atom. The average Bonchev–Trinajstić information content (AvgIpc) is 2.81. The maximum Gasteiger partial charge on any atom is 0.309 e. The number of ketones is 1. The number of Topliss-reactive ketones (excluding diaryl/α,β-unsaturated/α-hetero) is 1. The maximum atomic E-state index is 12.8. The van der Waals surface area contributed by atoms with Gasteiger partial charge in [0.05, 0.1) is 10.8 Å². The van der Waals surface area contributed by atoms with Gasteiger partial charge in [-0.3, -0.25) is 9.59 Å². The number of aldehydes is 1. The first-order valence-electron chi connectivity index (χ1n) is 13.8. The van der Waals surface area contributed by atoms with Crippen molar-refractivity contribution in [3.05, 3.63) is 11.3 Å². The average molecular weight is 485 g/mol. The molecule has 194 valence electrons. The van der Waals surface area contributed by atoms with Crippen molar-refractivity contribution >= 4 is 18.0 Å². The van der Waals surface area contributed by atoms with Gasteiger partial charge in [0.1, 0.15) is 6.29 Å². The van der Waals surface area contributed by atoms with Crippen LogP contribution in [0.1, 0.15) is 106 Å². The van der Waals surface area contributed by atoms with E-state index in [1.54, 1.807) is 6.92 Å². The number of rotatable bonds is 2. The van der Waals surface area contributed by atoms with Crippen LogP contribution in [0.5, 0.6) is 0 Å². The summed E-state index contributed by atoms with van der Waals surface area (Å²) in [7, 11) is 0. The van der Waals surface area contributed by atoms with Crippen LogP contribution in [0.15, 0.2) is 11.3 Å². The fourth-order valence-corrected chi connectivity index (χ4v) is 10.7. The van der Waals surface area contributed by atoms with Gasteiger partial charge >= 0.3 is 5.97 Å². The quantitative estimate of drug-likeness (QED) is 0.436. The van der Waals surface area contributed by atoms with E-state index in [9.17, 15) is 24.6 Å². The Morgan fingerprint density at radius 2 is 1.49 bits per heavy atom. The van der Waals surface area contributed by atoms with E-state index in [2.05, 4.69) is 27.7 Å². The molecule has 9 atom stereocenters. The molecule has 0 bridgehead atoms. The largest absolute Gasteiger partial charge is 0.504 e. The number of hydrogen-bond acceptors (Lipinski definition) is 4. The molecule has 0 saturated heterocycles. The molecule has 5 aliphatic rings. The predicted molar refractivity (Wildman–Crippen MR) is 134 cm³/mol. The van der Waals surface area contributed by atoms with E-state index in [4.69, 9.17) is 0 Å². The summed E-state index contributed by atoms with van der Waals surface area (Å²) >= 11 is 0. The highest BCUT2D eigenvalue weighted by atomic mass is 16.4. The highest BCUT2D eigenvalue weighted by Gasteiger charge is 2.71. The summed E-state index contributed by atoms with van der Waals surface area (Å²) in [6, 6.07) is 0. The fraction of sp³-hybridized carbons (Fsp3) is 0.833. The van der Waals surface area contributed by atoms with E-state index in [1.807, 2.05) is 6.92 Å². The lowest BCUT2D eigenvalue weighted by Crippen LogP contribution is -2.68. The molecular formula is C30H44O5. The summed E-state index contributed by atoms with van der Waals surface area (Å²) in [6.45, 7) is 13.4. The third-order valence-electron chi connectivity index (χ3n) is 13.5. The number of fused-ring (bicyclic) bond motifs is 7. The van der Waals surface area contributed by atoms with Crippen molar-refractivity contribution in [2.75, 3.05) is 0 Å². The van der Waals surface area contributed by atoms with Crippen LogP contribution in [0.3, 0.4) is 0 Å². The standard InChI is InChI=1S/C30H44O5/c1-18-23(33)19(32)15-21-27(4)12-14-29(6)22-16-26(3,24(34)35)10-9-25(22,2)11-13-28(29,5)20(27)7-8-30(18,21)17-31/h17,20-22,33H,7-16H2,1-6H3,(H,34,35)/t20-,21-,22+,25+,26+,27+,28+,29-,30-/m0/s1. The minimum Gasteiger partial charge on any atom is -0.504 e. The molecule has 0 aromatic carbocycles. The van der Waals surface area contributed by atoms with Gasteiger partial charge in [0.15, 0.2) is 11.5 Å². The Bertz CT molecular complexity index is 1030. The predicted octanol–water partition coefficient (Wildman–Crippen LogP) is 6.51. The normalized spacial score (nSPS) is 53.7. The topological polar surface area (TPSA) is 91.7 Å². The van der Waals surface area contributed by atoms with Crippen molar-refractivity contribution < 1.29 is 24.6 Å². The van der Waals surface area contributed by atoms with E-state index in [0.29, 0.717) is 23.8 Å². The number of aliphatic hydroxyl groups excluding tert-OH is 1. The van der Waals surface area contributed by atoms with Crippen LogP contribution in [0.4, 0.5) is 0 Å². The third-order valence-corrected chi connectivity index (χ3v) is 13.5. The van der Waals surface area contributed by atoms with E-state index < -0.39 is 16.8 Å². The highest BCUT2D eigenvalue weighted by Crippen LogP contribution is 2.78. The van der Waals surface area contributed by atoms with Crippen LogP contribution in [-0.2, 0) is 14.4 Å². The molecule has 5 aliphatic carbocycles. The SMILES string of the molecule is CC1=C(O)C(=O)C[C@H]2[C@]3(C)CC[C@@]4(C)[C@@H]5C[C@](C)(C(=O)O)CC[C@]5(C)CC[C@]4(C)[C@H]3CC[C@]12C=O. The van der Waals surface area contributed by atoms with Gasteiger partial charge in [-0.25, -0.2) is 0 Å². The number of hydrogen-bond donors (Lipinski definition) is 2. The lowest BCUT2D eigenvalue weighted by molar-refractivity contribution is -0.248. The zero-order chi connectivity index (χ0) is 25.8. The summed E-state index contributed by atoms with van der Waals surface area (Å²) in [6.07, 6.45) is 9.55. The van der Waals surface area contributed by atoms with Crippen LogP contribution in [0.2, 0.25) is 0 Å². The molecule has 4 fully saturated rings. The van der Waals surface area contributed by atoms with Gasteiger partial charge in [-0.15, -0.1) is 0 Å². The molecule has 5 heteroatoms. The van der Waals surface area contributed by atoms with Crippen molar-refractivity contribution in [3.8, 4) is 0 Å². The molecule has 0 amide bonds. The van der Waals surface area contributed by atoms with Crippen molar-refractivity contribution in [3.63, 3.8) is 0 Å². The van der Waals surface area contributed by atoms with Gasteiger partial charge in [-0.05, 0) is 117 Å². The molecule has 0 aliphatic heterocycles. The van der Waals surface area contributed by atoms with Gasteiger partial charge in [-0.2, -0.15) is 0 Å². The smallest absolute Gasteiger partial charge is 0.309 e. The van der Waals surface area contributed by atoms with Crippen LogP contribution in [0.25, 0.3) is 0 Å². The Balaban J connectivity index is 1.59. The molecule has 5 nitrogen and oxygen atoms in total. The molecule has 0 heterocycles. The maximum absolute atomic E-state index is 12.8. The highest BCUT2D eigenvalue weighted by molar-refractivity contribution is 5.97. The number of aliphatic carboxylic acids is 1. The lowest BCUT2D eigenvalue weighted by atomic mass is 9.30. The van der Waals surface area contributed by atoms with E-state index in [0.717, 1.165) is 57.7 Å². The van der Waals surface area contributed by atoms with Crippen LogP contribution in [-0.4, -0.2) is 28.3 Å². The van der Waals surface area contributed by atoms with Crippen LogP contribution in [0, 0.1) is 50.2 Å². The van der Waals surface area contributed by atoms with Crippen molar-refractivity contribution in [2.24, 2.45) is 50.2 Å². The van der Waals surface area contributed by atoms with Crippen molar-refractivity contribution in [1.29, 1.82) is 0 Å². The number of carboxylic acid groups (broad SMARTS) is 1. The monoisotopic (exact) mass is 484 g/mol. The summed E-state index contributed by atoms with van der Waals surface area (Å²) in [5, 5.41) is 20.6. The van der Waals surface area contributed by atoms with Gasteiger partial charge in [0, 0.05) is 6.42 Å². The molecule has 0 radical (unpaired) electrons. The zero-order valence-electron chi connectivity index (χ0n) is 22.5. The molecule has 0 unspecified atom stereocenters. The van der Waals surface area contributed by atoms with Crippen LogP contribution >= 0.6 is 0 Å². The number of carboxylic acids is 1. The fourth-order valence-electron chi connectivity index (χ4n) is 10.7. The third kappa shape index (κ3) is 2.84. The summed E-state index contributed by atoms with van der Waals surface area (Å²) in [5.41, 5.74) is -0.783. The Kier molecular flexibility index (Phi) is 5.16. The number of allylic oxidation sites excluding steroid dienone is 2. The Hall–Kier alpha value is -1.65. The minimum absolute atomic E-state index is 0.0220. The van der Waals surface area contributed by atoms with Gasteiger partial charge in [0.25, 0.3) is 0 Å². The second-order valence-corrected chi connectivity index (χ2v) is 14.5. The van der Waals surface area contributed by atoms with Crippen molar-refractivity contribution in [1.82, 2.24) is 0 Å². The molecule has 0 aromatic rings. The lowest BCUT2D eigenvalue weighted by Gasteiger charge is -2.74. The molecule has 2 N–H and O–H groups in total. The first kappa shape index (κ1) is 25.0. The minimum atomic E-state index is -0.747. The summed E-state index contributed by atoms with van der Waals surface area (Å²) < 4.78 is 0. The first-order chi connectivity index (χ1) is 16.1. The van der Waals surface area contributed by atoms with E-state index >= 15 is 0 Å². The second-order valence-electron chi connectivity index (χ2n) is 14.5. The molecule has 4 saturated carbocycles. The number of carbonyl (C=O) groups excluding carboxylic acids is 2. The molecule has 0 aromatic heterocycles. The van der Waals surface area contributed by atoms with E-state index in [-0.39, 0.29) is 45.5 Å².